The van der Waals surface area contributed by atoms with E-state index in [4.69, 9.17) is 0 Å². The highest BCUT2D eigenvalue weighted by Gasteiger charge is 2.91. The van der Waals surface area contributed by atoms with Crippen LogP contribution in [0.25, 0.3) is 0 Å². The molecule has 1 aliphatic rings. The third-order valence-electron chi connectivity index (χ3n) is 3.00. The molecule has 14 heteroatoms. The standard InChI is InChI=1S/C5H9BF6N2O3S2/c1-14(2)6(4(7,8)9,5(10,11)12)13(18(14)15)19(3,16)17/h1-3H3. The molecule has 0 amide bonds. The maximum absolute atomic E-state index is 13.0. The fraction of sp³-hybridized carbons (Fsp3) is 1.00. The summed E-state index contributed by atoms with van der Waals surface area (Å²) in [5.41, 5.74) is 0. The van der Waals surface area contributed by atoms with E-state index < -0.39 is 47.2 Å². The minimum atomic E-state index is -5.92. The third-order valence-corrected chi connectivity index (χ3v) is 6.88. The molecule has 0 bridgehead atoms. The number of hydrogen-bond donors (Lipinski definition) is 0. The van der Waals surface area contributed by atoms with Crippen LogP contribution in [0.1, 0.15) is 0 Å². The number of alkyl halides is 6. The molecular weight excluding hydrogens is 325 g/mol. The Balaban J connectivity index is 3.75. The van der Waals surface area contributed by atoms with E-state index in [1.54, 1.807) is 0 Å². The van der Waals surface area contributed by atoms with Gasteiger partial charge in [0.05, 0.1) is 6.26 Å². The molecular formula is C5H9BF6N2O3S2. The third kappa shape index (κ3) is 1.83. The lowest BCUT2D eigenvalue weighted by atomic mass is 9.43. The highest BCUT2D eigenvalue weighted by Crippen LogP contribution is 2.56. The smallest absolute Gasteiger partial charge is 0.392 e. The van der Waals surface area contributed by atoms with Crippen LogP contribution in [0, 0.1) is 0 Å². The number of quaternary nitrogens is 1. The van der Waals surface area contributed by atoms with Crippen molar-refractivity contribution in [2.75, 3.05) is 20.4 Å². The maximum Gasteiger partial charge on any atom is 0.526 e. The minimum absolute atomic E-state index is 0.151. The number of hydrogen-bond acceptors (Lipinski definition) is 3. The number of halogens is 6. The van der Waals surface area contributed by atoms with Crippen molar-refractivity contribution in [3.8, 4) is 0 Å². The van der Waals surface area contributed by atoms with Gasteiger partial charge in [-0.25, -0.2) is 34.8 Å². The van der Waals surface area contributed by atoms with Crippen LogP contribution in [0.3, 0.4) is 0 Å². The molecule has 0 aromatic heterocycles. The fourth-order valence-corrected chi connectivity index (χ4v) is 6.31. The zero-order chi connectivity index (χ0) is 15.7. The van der Waals surface area contributed by atoms with Crippen molar-refractivity contribution in [2.45, 2.75) is 12.2 Å². The minimum Gasteiger partial charge on any atom is -0.392 e. The average Bonchev–Trinajstić information content (AvgIpc) is 2.05. The Bertz CT molecular complexity index is 512. The second-order valence-electron chi connectivity index (χ2n) is 4.54. The van der Waals surface area contributed by atoms with E-state index in [0.717, 1.165) is 0 Å². The predicted octanol–water partition coefficient (Wildman–Crippen LogP) is 0.562. The predicted molar refractivity (Wildman–Crippen MR) is 54.8 cm³/mol. The Hall–Kier alpha value is -0.335. The lowest BCUT2D eigenvalue weighted by Crippen LogP contribution is -2.96. The second-order valence-corrected chi connectivity index (χ2v) is 8.43. The molecule has 114 valence electrons. The van der Waals surface area contributed by atoms with E-state index in [1.165, 1.54) is 0 Å². The number of sulfonamides is 1. The number of rotatable bonds is 1. The quantitative estimate of drug-likeness (QED) is 0.520. The van der Waals surface area contributed by atoms with Crippen LogP contribution in [-0.2, 0) is 21.2 Å². The first-order valence-electron chi connectivity index (χ1n) is 4.58. The zero-order valence-corrected chi connectivity index (χ0v) is 11.4. The molecule has 1 fully saturated rings. The molecule has 1 heterocycles. The van der Waals surface area contributed by atoms with Gasteiger partial charge in [0.25, 0.3) is 0 Å². The van der Waals surface area contributed by atoms with Gasteiger partial charge < -0.3 is 3.80 Å². The van der Waals surface area contributed by atoms with Crippen LogP contribution in [0.4, 0.5) is 26.3 Å². The highest BCUT2D eigenvalue weighted by molar-refractivity contribution is 8.03. The second kappa shape index (κ2) is 3.86. The van der Waals surface area contributed by atoms with Crippen LogP contribution in [0.15, 0.2) is 0 Å². The molecule has 0 aromatic rings. The van der Waals surface area contributed by atoms with Gasteiger partial charge in [-0.1, -0.05) is 0 Å². The highest BCUT2D eigenvalue weighted by atomic mass is 32.3. The van der Waals surface area contributed by atoms with Gasteiger partial charge >= 0.3 is 18.6 Å². The van der Waals surface area contributed by atoms with Gasteiger partial charge in [0.2, 0.25) is 11.2 Å². The summed E-state index contributed by atoms with van der Waals surface area (Å²) < 4.78 is 109. The molecule has 0 aromatic carbocycles. The Morgan fingerprint density at radius 3 is 1.53 bits per heavy atom. The molecule has 1 aliphatic heterocycles. The normalized spacial score (nSPS) is 27.9. The van der Waals surface area contributed by atoms with E-state index in [1.807, 2.05) is 0 Å². The summed E-state index contributed by atoms with van der Waals surface area (Å²) in [5.74, 6) is 0. The monoisotopic (exact) mass is 334 g/mol. The molecule has 0 saturated carbocycles. The Kier molecular flexibility index (Phi) is 3.39. The molecule has 1 atom stereocenters. The first-order chi connectivity index (χ1) is 8.03. The van der Waals surface area contributed by atoms with Gasteiger partial charge in [-0.3, -0.25) is 0 Å². The van der Waals surface area contributed by atoms with Crippen molar-refractivity contribution in [3.05, 3.63) is 0 Å². The van der Waals surface area contributed by atoms with Crippen molar-refractivity contribution in [1.82, 2.24) is 3.62 Å². The molecule has 1 rings (SSSR count). The summed E-state index contributed by atoms with van der Waals surface area (Å²) in [4.78, 5) is 0. The Labute approximate surface area is 107 Å². The van der Waals surface area contributed by atoms with E-state index in [9.17, 15) is 39.0 Å². The van der Waals surface area contributed by atoms with Crippen LogP contribution in [-0.4, -0.2) is 59.0 Å². The number of nitrogens with zero attached hydrogens (tertiary/aromatic N) is 2. The molecule has 5 nitrogen and oxygen atoms in total. The summed E-state index contributed by atoms with van der Waals surface area (Å²) in [5, 5.41) is 0. The van der Waals surface area contributed by atoms with E-state index in [-0.39, 0.29) is 6.26 Å². The molecule has 0 radical (unpaired) electrons. The fourth-order valence-electron chi connectivity index (χ4n) is 2.18. The summed E-state index contributed by atoms with van der Waals surface area (Å²) in [7, 11) is -4.10. The van der Waals surface area contributed by atoms with Crippen LogP contribution < -0.4 is 0 Å². The van der Waals surface area contributed by atoms with Crippen molar-refractivity contribution >= 4 is 27.6 Å². The lowest BCUT2D eigenvalue weighted by Gasteiger charge is -2.65. The van der Waals surface area contributed by atoms with Gasteiger partial charge in [-0.15, -0.1) is 0 Å². The van der Waals surface area contributed by atoms with Gasteiger partial charge in [0.1, 0.15) is 0 Å². The first-order valence-corrected chi connectivity index (χ1v) is 7.49. The molecule has 1 unspecified atom stereocenters. The molecule has 0 spiro atoms. The summed E-state index contributed by atoms with van der Waals surface area (Å²) in [6.07, 6.45) is -17.3. The van der Waals surface area contributed by atoms with Crippen LogP contribution in [0.2, 0.25) is 0 Å². The van der Waals surface area contributed by atoms with Crippen molar-refractivity contribution in [1.29, 1.82) is 0 Å². The summed E-state index contributed by atoms with van der Waals surface area (Å²) in [6.45, 7) is 0. The molecule has 1 saturated heterocycles. The Morgan fingerprint density at radius 2 is 1.37 bits per heavy atom. The van der Waals surface area contributed by atoms with Crippen LogP contribution >= 0.6 is 0 Å². The molecule has 0 aliphatic carbocycles. The van der Waals surface area contributed by atoms with Crippen molar-refractivity contribution < 1.29 is 42.8 Å². The largest absolute Gasteiger partial charge is 0.526 e. The molecule has 19 heavy (non-hydrogen) atoms. The lowest BCUT2D eigenvalue weighted by molar-refractivity contribution is -0.688. The van der Waals surface area contributed by atoms with E-state index in [2.05, 4.69) is 0 Å². The first kappa shape index (κ1) is 16.7. The van der Waals surface area contributed by atoms with E-state index in [0.29, 0.717) is 14.1 Å². The van der Waals surface area contributed by atoms with E-state index >= 15 is 0 Å². The van der Waals surface area contributed by atoms with Crippen molar-refractivity contribution in [3.63, 3.8) is 0 Å². The topological polar surface area (TPSA) is 54.5 Å². The van der Waals surface area contributed by atoms with Crippen LogP contribution in [0.5, 0.6) is 0 Å². The SMILES string of the molecule is C[N+]1(C)S(=O)N(S(C)(=O)=O)[B-]1(C(F)(F)F)C(F)(F)F. The average molecular weight is 334 g/mol. The van der Waals surface area contributed by atoms with Crippen molar-refractivity contribution in [2.24, 2.45) is 0 Å². The van der Waals surface area contributed by atoms with Gasteiger partial charge in [-0.05, 0) is 0 Å². The zero-order valence-electron chi connectivity index (χ0n) is 9.78. The summed E-state index contributed by atoms with van der Waals surface area (Å²) in [6, 6.07) is 0. The Morgan fingerprint density at radius 1 is 1.05 bits per heavy atom. The van der Waals surface area contributed by atoms with Gasteiger partial charge in [0, 0.05) is 14.1 Å². The summed E-state index contributed by atoms with van der Waals surface area (Å²) >= 11 is -3.00. The van der Waals surface area contributed by atoms with Gasteiger partial charge in [0.15, 0.2) is 10.0 Å². The van der Waals surface area contributed by atoms with Gasteiger partial charge in [-0.2, -0.15) is 7.83 Å². The maximum atomic E-state index is 13.0. The molecule has 0 N–H and O–H groups in total.